The van der Waals surface area contributed by atoms with Crippen molar-refractivity contribution >= 4 is 33.8 Å². The van der Waals surface area contributed by atoms with Gasteiger partial charge >= 0.3 is 0 Å². The van der Waals surface area contributed by atoms with Crippen LogP contribution in [-0.4, -0.2) is 36.3 Å². The van der Waals surface area contributed by atoms with Crippen molar-refractivity contribution < 1.29 is 14.0 Å². The SMILES string of the molecule is O=C(/C=C\c1cc(Br)ccc1F)NCCCN1CCCCCC1=O. The van der Waals surface area contributed by atoms with Crippen LogP contribution in [0.1, 0.15) is 37.7 Å². The van der Waals surface area contributed by atoms with Crippen LogP contribution in [0.25, 0.3) is 6.08 Å². The average Bonchev–Trinajstić information content (AvgIpc) is 2.77. The molecule has 1 aliphatic rings. The number of amides is 2. The molecular weight excluding hydrogens is 375 g/mol. The maximum Gasteiger partial charge on any atom is 0.244 e. The van der Waals surface area contributed by atoms with Crippen LogP contribution >= 0.6 is 15.9 Å². The molecular formula is C18H22BrFN2O2. The Morgan fingerprint density at radius 2 is 2.17 bits per heavy atom. The minimum atomic E-state index is -0.373. The van der Waals surface area contributed by atoms with Crippen LogP contribution in [0.4, 0.5) is 4.39 Å². The Morgan fingerprint density at radius 3 is 3.00 bits per heavy atom. The number of carbonyl (C=O) groups excluding carboxylic acids is 2. The van der Waals surface area contributed by atoms with Gasteiger partial charge in [0.25, 0.3) is 0 Å². The molecule has 1 N–H and O–H groups in total. The summed E-state index contributed by atoms with van der Waals surface area (Å²) in [4.78, 5) is 25.5. The van der Waals surface area contributed by atoms with Crippen molar-refractivity contribution in [2.45, 2.75) is 32.1 Å². The van der Waals surface area contributed by atoms with E-state index in [4.69, 9.17) is 0 Å². The molecule has 1 heterocycles. The number of carbonyl (C=O) groups is 2. The smallest absolute Gasteiger partial charge is 0.244 e. The van der Waals surface area contributed by atoms with Gasteiger partial charge in [0, 0.05) is 42.2 Å². The first-order chi connectivity index (χ1) is 11.6. The quantitative estimate of drug-likeness (QED) is 0.590. The summed E-state index contributed by atoms with van der Waals surface area (Å²) in [7, 11) is 0. The molecule has 130 valence electrons. The van der Waals surface area contributed by atoms with E-state index in [1.165, 1.54) is 18.2 Å². The second kappa shape index (κ2) is 9.57. The summed E-state index contributed by atoms with van der Waals surface area (Å²) < 4.78 is 14.3. The van der Waals surface area contributed by atoms with Gasteiger partial charge in [0.2, 0.25) is 11.8 Å². The van der Waals surface area contributed by atoms with Crippen molar-refractivity contribution in [1.29, 1.82) is 0 Å². The van der Waals surface area contributed by atoms with Gasteiger partial charge in [-0.3, -0.25) is 9.59 Å². The standard InChI is InChI=1S/C18H22BrFN2O2/c19-15-7-8-16(20)14(13-15)6-9-17(23)21-10-4-12-22-11-3-1-2-5-18(22)24/h6-9,13H,1-5,10-12H2,(H,21,23)/b9-6-. The molecule has 1 aromatic carbocycles. The second-order valence-electron chi connectivity index (χ2n) is 5.84. The first kappa shape index (κ1) is 18.6. The number of likely N-dealkylation sites (tertiary alicyclic amines) is 1. The fraction of sp³-hybridized carbons (Fsp3) is 0.444. The van der Waals surface area contributed by atoms with Crippen LogP contribution in [-0.2, 0) is 9.59 Å². The molecule has 24 heavy (non-hydrogen) atoms. The van der Waals surface area contributed by atoms with E-state index in [0.717, 1.165) is 36.7 Å². The van der Waals surface area contributed by atoms with Gasteiger partial charge in [-0.25, -0.2) is 4.39 Å². The Morgan fingerprint density at radius 1 is 1.33 bits per heavy atom. The maximum absolute atomic E-state index is 13.6. The number of nitrogens with one attached hydrogen (secondary N) is 1. The molecule has 1 aliphatic heterocycles. The van der Waals surface area contributed by atoms with E-state index in [1.54, 1.807) is 12.1 Å². The number of benzene rings is 1. The lowest BCUT2D eigenvalue weighted by Gasteiger charge is -2.20. The zero-order chi connectivity index (χ0) is 17.4. The maximum atomic E-state index is 13.6. The summed E-state index contributed by atoms with van der Waals surface area (Å²) in [6.45, 7) is 1.98. The largest absolute Gasteiger partial charge is 0.352 e. The fourth-order valence-corrected chi connectivity index (χ4v) is 3.00. The predicted molar refractivity (Wildman–Crippen MR) is 95.8 cm³/mol. The highest BCUT2D eigenvalue weighted by molar-refractivity contribution is 9.10. The molecule has 0 bridgehead atoms. The van der Waals surface area contributed by atoms with Gasteiger partial charge in [-0.05, 0) is 43.5 Å². The summed E-state index contributed by atoms with van der Waals surface area (Å²) >= 11 is 3.27. The Hall–Kier alpha value is -1.69. The van der Waals surface area contributed by atoms with Crippen molar-refractivity contribution in [2.24, 2.45) is 0 Å². The van der Waals surface area contributed by atoms with E-state index in [1.807, 2.05) is 4.90 Å². The lowest BCUT2D eigenvalue weighted by molar-refractivity contribution is -0.130. The van der Waals surface area contributed by atoms with Gasteiger partial charge in [0.05, 0.1) is 0 Å². The van der Waals surface area contributed by atoms with Crippen LogP contribution in [0.15, 0.2) is 28.7 Å². The van der Waals surface area contributed by atoms with Crippen LogP contribution < -0.4 is 5.32 Å². The fourth-order valence-electron chi connectivity index (χ4n) is 2.62. The third kappa shape index (κ3) is 6.07. The molecule has 2 rings (SSSR count). The molecule has 0 aliphatic carbocycles. The highest BCUT2D eigenvalue weighted by Crippen LogP contribution is 2.16. The van der Waals surface area contributed by atoms with E-state index in [0.29, 0.717) is 25.1 Å². The average molecular weight is 397 g/mol. The van der Waals surface area contributed by atoms with Gasteiger partial charge in [0.15, 0.2) is 0 Å². The van der Waals surface area contributed by atoms with E-state index >= 15 is 0 Å². The molecule has 4 nitrogen and oxygen atoms in total. The molecule has 0 saturated carbocycles. The van der Waals surface area contributed by atoms with Crippen molar-refractivity contribution in [3.05, 3.63) is 40.1 Å². The number of halogens is 2. The van der Waals surface area contributed by atoms with Gasteiger partial charge in [-0.15, -0.1) is 0 Å². The van der Waals surface area contributed by atoms with Gasteiger partial charge in [-0.1, -0.05) is 22.4 Å². The summed E-state index contributed by atoms with van der Waals surface area (Å²) in [6, 6.07) is 4.57. The summed E-state index contributed by atoms with van der Waals surface area (Å²) in [5, 5.41) is 2.76. The van der Waals surface area contributed by atoms with Crippen molar-refractivity contribution in [3.63, 3.8) is 0 Å². The van der Waals surface area contributed by atoms with Crippen LogP contribution in [0.3, 0.4) is 0 Å². The lowest BCUT2D eigenvalue weighted by Crippen LogP contribution is -2.33. The first-order valence-electron chi connectivity index (χ1n) is 8.25. The Bertz CT molecular complexity index is 619. The lowest BCUT2D eigenvalue weighted by atomic mass is 10.2. The first-order valence-corrected chi connectivity index (χ1v) is 9.04. The summed E-state index contributed by atoms with van der Waals surface area (Å²) in [5.41, 5.74) is 0.356. The summed E-state index contributed by atoms with van der Waals surface area (Å²) in [6.07, 6.45) is 7.26. The van der Waals surface area contributed by atoms with E-state index < -0.39 is 0 Å². The molecule has 2 amide bonds. The van der Waals surface area contributed by atoms with Crippen LogP contribution in [0.2, 0.25) is 0 Å². The molecule has 6 heteroatoms. The zero-order valence-corrected chi connectivity index (χ0v) is 15.1. The number of rotatable bonds is 6. The monoisotopic (exact) mass is 396 g/mol. The molecule has 0 radical (unpaired) electrons. The molecule has 1 aromatic rings. The molecule has 1 saturated heterocycles. The Kier molecular flexibility index (Phi) is 7.43. The van der Waals surface area contributed by atoms with E-state index in [2.05, 4.69) is 21.2 Å². The van der Waals surface area contributed by atoms with Gasteiger partial charge in [0.1, 0.15) is 5.82 Å². The highest BCUT2D eigenvalue weighted by Gasteiger charge is 2.15. The molecule has 0 spiro atoms. The molecule has 1 fully saturated rings. The third-order valence-corrected chi connectivity index (χ3v) is 4.44. The van der Waals surface area contributed by atoms with Crippen LogP contribution in [0.5, 0.6) is 0 Å². The molecule has 0 atom stereocenters. The van der Waals surface area contributed by atoms with E-state index in [9.17, 15) is 14.0 Å². The molecule has 0 aromatic heterocycles. The zero-order valence-electron chi connectivity index (χ0n) is 13.6. The van der Waals surface area contributed by atoms with E-state index in [-0.39, 0.29) is 17.6 Å². The van der Waals surface area contributed by atoms with Gasteiger partial charge in [-0.2, -0.15) is 0 Å². The second-order valence-corrected chi connectivity index (χ2v) is 6.75. The number of hydrogen-bond acceptors (Lipinski definition) is 2. The Balaban J connectivity index is 1.72. The topological polar surface area (TPSA) is 49.4 Å². The highest BCUT2D eigenvalue weighted by atomic mass is 79.9. The predicted octanol–water partition coefficient (Wildman–Crippen LogP) is 3.51. The summed E-state index contributed by atoms with van der Waals surface area (Å²) in [5.74, 6) is -0.428. The van der Waals surface area contributed by atoms with Crippen LogP contribution in [0, 0.1) is 5.82 Å². The van der Waals surface area contributed by atoms with Crippen molar-refractivity contribution in [3.8, 4) is 0 Å². The third-order valence-electron chi connectivity index (χ3n) is 3.95. The normalized spacial score (nSPS) is 15.6. The minimum Gasteiger partial charge on any atom is -0.352 e. The number of hydrogen-bond donors (Lipinski definition) is 1. The Labute approximate surface area is 150 Å². The van der Waals surface area contributed by atoms with Gasteiger partial charge < -0.3 is 10.2 Å². The molecule has 0 unspecified atom stereocenters. The number of nitrogens with zero attached hydrogens (tertiary/aromatic N) is 1. The van der Waals surface area contributed by atoms with Crippen molar-refractivity contribution in [2.75, 3.05) is 19.6 Å². The minimum absolute atomic E-state index is 0.212. The van der Waals surface area contributed by atoms with Crippen molar-refractivity contribution in [1.82, 2.24) is 10.2 Å².